The number of ketones is 1. The van der Waals surface area contributed by atoms with Crippen molar-refractivity contribution in [2.45, 2.75) is 51.4 Å². The number of carbonyl (C=O) groups is 1. The zero-order chi connectivity index (χ0) is 13.7. The molecule has 1 nitrogen and oxygen atoms in total. The van der Waals surface area contributed by atoms with Crippen molar-refractivity contribution >= 4 is 21.7 Å². The second kappa shape index (κ2) is 7.18. The van der Waals surface area contributed by atoms with E-state index in [1.54, 1.807) is 6.07 Å². The Hall–Kier alpha value is -0.700. The van der Waals surface area contributed by atoms with Crippen molar-refractivity contribution in [2.24, 2.45) is 5.92 Å². The molecule has 19 heavy (non-hydrogen) atoms. The van der Waals surface area contributed by atoms with Crippen LogP contribution >= 0.6 is 15.9 Å². The van der Waals surface area contributed by atoms with Gasteiger partial charge in [0.05, 0.1) is 4.47 Å². The molecule has 1 aliphatic carbocycles. The Morgan fingerprint density at radius 2 is 1.89 bits per heavy atom. The van der Waals surface area contributed by atoms with Crippen molar-refractivity contribution in [3.8, 4) is 0 Å². The summed E-state index contributed by atoms with van der Waals surface area (Å²) >= 11 is 3.22. The minimum Gasteiger partial charge on any atom is -0.299 e. The quantitative estimate of drug-likeness (QED) is 0.707. The summed E-state index contributed by atoms with van der Waals surface area (Å²) in [6.07, 6.45) is 8.47. The predicted molar refractivity (Wildman–Crippen MR) is 78.6 cm³/mol. The molecule has 0 N–H and O–H groups in total. The predicted octanol–water partition coefficient (Wildman–Crippen LogP) is 5.06. The molecule has 0 aromatic heterocycles. The van der Waals surface area contributed by atoms with Gasteiger partial charge in [-0.15, -0.1) is 0 Å². The first kappa shape index (κ1) is 14.7. The van der Waals surface area contributed by atoms with Crippen LogP contribution in [0.15, 0.2) is 22.7 Å². The molecule has 1 aromatic rings. The van der Waals surface area contributed by atoms with Gasteiger partial charge < -0.3 is 0 Å². The van der Waals surface area contributed by atoms with Gasteiger partial charge in [0, 0.05) is 12.8 Å². The van der Waals surface area contributed by atoms with Crippen molar-refractivity contribution < 1.29 is 9.18 Å². The lowest BCUT2D eigenvalue weighted by molar-refractivity contribution is -0.119. The van der Waals surface area contributed by atoms with Crippen LogP contribution in [0, 0.1) is 11.7 Å². The Kier molecular flexibility index (Phi) is 5.56. The van der Waals surface area contributed by atoms with Gasteiger partial charge in [0.25, 0.3) is 0 Å². The van der Waals surface area contributed by atoms with E-state index in [9.17, 15) is 9.18 Å². The Bertz CT molecular complexity index is 436. The number of hydrogen-bond donors (Lipinski definition) is 0. The van der Waals surface area contributed by atoms with Crippen LogP contribution < -0.4 is 0 Å². The molecule has 0 amide bonds. The molecule has 0 unspecified atom stereocenters. The normalized spacial score (nSPS) is 17.2. The van der Waals surface area contributed by atoms with Crippen LogP contribution in [0.25, 0.3) is 0 Å². The second-order valence-corrected chi connectivity index (χ2v) is 6.28. The molecule has 1 fully saturated rings. The summed E-state index contributed by atoms with van der Waals surface area (Å²) in [5.41, 5.74) is 0.763. The summed E-state index contributed by atoms with van der Waals surface area (Å²) in [5, 5.41) is 0. The Morgan fingerprint density at radius 1 is 1.21 bits per heavy atom. The van der Waals surface area contributed by atoms with E-state index in [4.69, 9.17) is 0 Å². The SMILES string of the molecule is O=C(Cc1cccc(F)c1Br)CC1CCCCCC1. The topological polar surface area (TPSA) is 17.1 Å². The number of halogens is 2. The summed E-state index contributed by atoms with van der Waals surface area (Å²) in [5.74, 6) is 0.486. The summed E-state index contributed by atoms with van der Waals surface area (Å²) in [7, 11) is 0. The van der Waals surface area contributed by atoms with E-state index in [1.165, 1.54) is 44.6 Å². The van der Waals surface area contributed by atoms with Crippen LogP contribution in [0.2, 0.25) is 0 Å². The standard InChI is InChI=1S/C16H20BrFO/c17-16-13(8-5-9-15(16)18)11-14(19)10-12-6-3-1-2-4-7-12/h5,8-9,12H,1-4,6-7,10-11H2. The first-order chi connectivity index (χ1) is 9.16. The van der Waals surface area contributed by atoms with Crippen LogP contribution in [0.3, 0.4) is 0 Å². The van der Waals surface area contributed by atoms with Crippen LogP contribution in [0.4, 0.5) is 4.39 Å². The van der Waals surface area contributed by atoms with E-state index in [2.05, 4.69) is 15.9 Å². The van der Waals surface area contributed by atoms with Crippen molar-refractivity contribution in [1.29, 1.82) is 0 Å². The molecule has 0 saturated heterocycles. The summed E-state index contributed by atoms with van der Waals surface area (Å²) < 4.78 is 13.8. The molecule has 2 rings (SSSR count). The lowest BCUT2D eigenvalue weighted by Gasteiger charge is -2.13. The molecule has 1 saturated carbocycles. The molecular weight excluding hydrogens is 307 g/mol. The van der Waals surface area contributed by atoms with E-state index in [1.807, 2.05) is 6.07 Å². The van der Waals surface area contributed by atoms with E-state index < -0.39 is 0 Å². The maximum absolute atomic E-state index is 13.4. The first-order valence-corrected chi connectivity index (χ1v) is 7.90. The van der Waals surface area contributed by atoms with E-state index in [0.717, 1.165) is 5.56 Å². The smallest absolute Gasteiger partial charge is 0.137 e. The number of carbonyl (C=O) groups excluding carboxylic acids is 1. The molecule has 0 radical (unpaired) electrons. The second-order valence-electron chi connectivity index (χ2n) is 5.49. The minimum absolute atomic E-state index is 0.234. The molecule has 104 valence electrons. The van der Waals surface area contributed by atoms with Crippen molar-refractivity contribution in [1.82, 2.24) is 0 Å². The van der Waals surface area contributed by atoms with Crippen LogP contribution in [-0.2, 0) is 11.2 Å². The van der Waals surface area contributed by atoms with Crippen LogP contribution in [0.1, 0.15) is 50.5 Å². The van der Waals surface area contributed by atoms with Gasteiger partial charge in [-0.3, -0.25) is 4.79 Å². The summed E-state index contributed by atoms with van der Waals surface area (Å²) in [6, 6.07) is 4.88. The average Bonchev–Trinajstić information content (AvgIpc) is 2.63. The van der Waals surface area contributed by atoms with Crippen LogP contribution in [0.5, 0.6) is 0 Å². The zero-order valence-corrected chi connectivity index (χ0v) is 12.7. The molecule has 1 aromatic carbocycles. The zero-order valence-electron chi connectivity index (χ0n) is 11.1. The minimum atomic E-state index is -0.292. The highest BCUT2D eigenvalue weighted by atomic mass is 79.9. The molecule has 1 aliphatic rings. The van der Waals surface area contributed by atoms with Crippen molar-refractivity contribution in [3.05, 3.63) is 34.1 Å². The third-order valence-corrected chi connectivity index (χ3v) is 4.80. The van der Waals surface area contributed by atoms with Gasteiger partial charge in [0.1, 0.15) is 11.6 Å². The molecule has 0 aliphatic heterocycles. The number of Topliss-reactive ketones (excluding diaryl/α,β-unsaturated/α-hetero) is 1. The van der Waals surface area contributed by atoms with Gasteiger partial charge in [-0.1, -0.05) is 50.7 Å². The molecule has 0 heterocycles. The summed E-state index contributed by atoms with van der Waals surface area (Å²) in [6.45, 7) is 0. The molecule has 0 spiro atoms. The van der Waals surface area contributed by atoms with E-state index in [0.29, 0.717) is 23.2 Å². The molecule has 3 heteroatoms. The Balaban J connectivity index is 1.91. The van der Waals surface area contributed by atoms with E-state index in [-0.39, 0.29) is 11.6 Å². The average molecular weight is 327 g/mol. The van der Waals surface area contributed by atoms with E-state index >= 15 is 0 Å². The largest absolute Gasteiger partial charge is 0.299 e. The van der Waals surface area contributed by atoms with Gasteiger partial charge in [-0.25, -0.2) is 4.39 Å². The van der Waals surface area contributed by atoms with Crippen LogP contribution in [-0.4, -0.2) is 5.78 Å². The number of rotatable bonds is 4. The van der Waals surface area contributed by atoms with Gasteiger partial charge in [0.15, 0.2) is 0 Å². The Morgan fingerprint density at radius 3 is 2.58 bits per heavy atom. The third-order valence-electron chi connectivity index (χ3n) is 3.91. The maximum Gasteiger partial charge on any atom is 0.137 e. The number of benzene rings is 1. The lowest BCUT2D eigenvalue weighted by Crippen LogP contribution is -2.11. The lowest BCUT2D eigenvalue weighted by atomic mass is 9.92. The molecule has 0 atom stereocenters. The first-order valence-electron chi connectivity index (χ1n) is 7.11. The van der Waals surface area contributed by atoms with Gasteiger partial charge >= 0.3 is 0 Å². The summed E-state index contributed by atoms with van der Waals surface area (Å²) in [4.78, 5) is 12.1. The molecular formula is C16H20BrFO. The fraction of sp³-hybridized carbons (Fsp3) is 0.562. The molecule has 0 bridgehead atoms. The fourth-order valence-corrected chi connectivity index (χ4v) is 3.26. The van der Waals surface area contributed by atoms with Gasteiger partial charge in [-0.2, -0.15) is 0 Å². The van der Waals surface area contributed by atoms with Gasteiger partial charge in [0.2, 0.25) is 0 Å². The monoisotopic (exact) mass is 326 g/mol. The van der Waals surface area contributed by atoms with Crippen molar-refractivity contribution in [2.75, 3.05) is 0 Å². The Labute approximate surface area is 122 Å². The fourth-order valence-electron chi connectivity index (χ4n) is 2.86. The van der Waals surface area contributed by atoms with Gasteiger partial charge in [-0.05, 0) is 33.5 Å². The maximum atomic E-state index is 13.4. The third kappa shape index (κ3) is 4.41. The van der Waals surface area contributed by atoms with Crippen molar-refractivity contribution in [3.63, 3.8) is 0 Å². The highest BCUT2D eigenvalue weighted by molar-refractivity contribution is 9.10. The number of hydrogen-bond acceptors (Lipinski definition) is 1. The highest BCUT2D eigenvalue weighted by Crippen LogP contribution is 2.27. The highest BCUT2D eigenvalue weighted by Gasteiger charge is 2.17.